The van der Waals surface area contributed by atoms with Gasteiger partial charge in [-0.25, -0.2) is 8.78 Å². The molecule has 0 aliphatic carbocycles. The fraction of sp³-hybridized carbons (Fsp3) is 0.235. The summed E-state index contributed by atoms with van der Waals surface area (Å²) in [5, 5.41) is 2.72. The number of rotatable bonds is 4. The molecule has 2 rings (SSSR count). The molecule has 2 nitrogen and oxygen atoms in total. The quantitative estimate of drug-likeness (QED) is 0.891. The highest BCUT2D eigenvalue weighted by atomic mass is 19.2. The zero-order chi connectivity index (χ0) is 15.4. The van der Waals surface area contributed by atoms with Gasteiger partial charge in [-0.05, 0) is 36.1 Å². The number of amides is 1. The molecule has 110 valence electrons. The van der Waals surface area contributed by atoms with E-state index in [1.165, 1.54) is 12.1 Å². The third kappa shape index (κ3) is 3.10. The molecule has 0 aliphatic rings. The first kappa shape index (κ1) is 15.2. The molecule has 0 saturated carbocycles. The second kappa shape index (κ2) is 6.48. The number of hydrogen-bond donors (Lipinski definition) is 1. The fourth-order valence-corrected chi connectivity index (χ4v) is 2.26. The van der Waals surface area contributed by atoms with Crippen molar-refractivity contribution in [1.82, 2.24) is 0 Å². The van der Waals surface area contributed by atoms with E-state index in [1.54, 1.807) is 0 Å². The van der Waals surface area contributed by atoms with Gasteiger partial charge in [0.25, 0.3) is 5.91 Å². The Morgan fingerprint density at radius 3 is 2.14 bits per heavy atom. The average Bonchev–Trinajstić information content (AvgIpc) is 2.50. The van der Waals surface area contributed by atoms with Crippen molar-refractivity contribution in [3.05, 3.63) is 64.7 Å². The third-order valence-electron chi connectivity index (χ3n) is 3.43. The van der Waals surface area contributed by atoms with Gasteiger partial charge in [0.15, 0.2) is 11.6 Å². The van der Waals surface area contributed by atoms with Crippen LogP contribution in [0, 0.1) is 11.6 Å². The fourth-order valence-electron chi connectivity index (χ4n) is 2.26. The van der Waals surface area contributed by atoms with Crippen LogP contribution in [0.1, 0.15) is 35.3 Å². The Morgan fingerprint density at radius 1 is 1.00 bits per heavy atom. The van der Waals surface area contributed by atoms with E-state index in [0.29, 0.717) is 5.69 Å². The van der Waals surface area contributed by atoms with Crippen molar-refractivity contribution in [2.45, 2.75) is 26.7 Å². The van der Waals surface area contributed by atoms with Crippen LogP contribution in [0.15, 0.2) is 36.4 Å². The molecule has 4 heteroatoms. The molecule has 0 atom stereocenters. The van der Waals surface area contributed by atoms with E-state index in [9.17, 15) is 13.6 Å². The maximum absolute atomic E-state index is 13.7. The van der Waals surface area contributed by atoms with Crippen LogP contribution >= 0.6 is 0 Å². The average molecular weight is 289 g/mol. The summed E-state index contributed by atoms with van der Waals surface area (Å²) in [5.41, 5.74) is 2.35. The van der Waals surface area contributed by atoms with E-state index >= 15 is 0 Å². The zero-order valence-corrected chi connectivity index (χ0v) is 12.0. The lowest BCUT2D eigenvalue weighted by Crippen LogP contribution is -2.17. The summed E-state index contributed by atoms with van der Waals surface area (Å²) >= 11 is 0. The lowest BCUT2D eigenvalue weighted by atomic mass is 10.0. The molecular formula is C17H17F2NO. The van der Waals surface area contributed by atoms with E-state index in [2.05, 4.69) is 5.32 Å². The molecule has 0 radical (unpaired) electrons. The Morgan fingerprint density at radius 2 is 1.57 bits per heavy atom. The largest absolute Gasteiger partial charge is 0.321 e. The minimum atomic E-state index is -1.12. The van der Waals surface area contributed by atoms with Gasteiger partial charge in [0, 0.05) is 5.69 Å². The minimum Gasteiger partial charge on any atom is -0.321 e. The SMILES string of the molecule is CCc1cccc(CC)c1NC(=O)c1cccc(F)c1F. The van der Waals surface area contributed by atoms with Gasteiger partial charge < -0.3 is 5.32 Å². The first-order valence-corrected chi connectivity index (χ1v) is 6.94. The van der Waals surface area contributed by atoms with Crippen LogP contribution in [-0.4, -0.2) is 5.91 Å². The van der Waals surface area contributed by atoms with Gasteiger partial charge in [-0.1, -0.05) is 38.1 Å². The van der Waals surface area contributed by atoms with Crippen molar-refractivity contribution in [3.8, 4) is 0 Å². The molecule has 0 heterocycles. The normalized spacial score (nSPS) is 10.5. The van der Waals surface area contributed by atoms with Crippen molar-refractivity contribution in [2.24, 2.45) is 0 Å². The highest BCUT2D eigenvalue weighted by Crippen LogP contribution is 2.24. The molecule has 0 spiro atoms. The Labute approximate surface area is 122 Å². The monoisotopic (exact) mass is 289 g/mol. The Kier molecular flexibility index (Phi) is 4.68. The minimum absolute atomic E-state index is 0.289. The summed E-state index contributed by atoms with van der Waals surface area (Å²) in [6, 6.07) is 9.33. The zero-order valence-electron chi connectivity index (χ0n) is 12.0. The predicted molar refractivity (Wildman–Crippen MR) is 79.5 cm³/mol. The number of halogens is 2. The van der Waals surface area contributed by atoms with Crippen LogP contribution in [0.3, 0.4) is 0 Å². The van der Waals surface area contributed by atoms with Crippen molar-refractivity contribution < 1.29 is 13.6 Å². The highest BCUT2D eigenvalue weighted by molar-refractivity contribution is 6.05. The molecule has 0 unspecified atom stereocenters. The van der Waals surface area contributed by atoms with E-state index in [-0.39, 0.29) is 5.56 Å². The summed E-state index contributed by atoms with van der Waals surface area (Å²) in [5.74, 6) is -2.79. The molecule has 0 saturated heterocycles. The van der Waals surface area contributed by atoms with Gasteiger partial charge in [0.05, 0.1) is 5.56 Å². The molecule has 0 bridgehead atoms. The van der Waals surface area contributed by atoms with Crippen LogP contribution in [0.4, 0.5) is 14.5 Å². The van der Waals surface area contributed by atoms with Gasteiger partial charge in [0.1, 0.15) is 0 Å². The standard InChI is InChI=1S/C17H17F2NO/c1-3-11-7-5-8-12(4-2)16(11)20-17(21)13-9-6-10-14(18)15(13)19/h5-10H,3-4H2,1-2H3,(H,20,21). The molecule has 1 amide bonds. The van der Waals surface area contributed by atoms with Gasteiger partial charge in [0.2, 0.25) is 0 Å². The number of benzene rings is 2. The van der Waals surface area contributed by atoms with Crippen LogP contribution in [0.2, 0.25) is 0 Å². The number of anilines is 1. The second-order valence-corrected chi connectivity index (χ2v) is 4.71. The van der Waals surface area contributed by atoms with Gasteiger partial charge in [-0.15, -0.1) is 0 Å². The van der Waals surface area contributed by atoms with Crippen molar-refractivity contribution in [3.63, 3.8) is 0 Å². The molecule has 0 aromatic heterocycles. The summed E-state index contributed by atoms with van der Waals surface area (Å²) in [6.45, 7) is 3.96. The lowest BCUT2D eigenvalue weighted by molar-refractivity contribution is 0.102. The lowest BCUT2D eigenvalue weighted by Gasteiger charge is -2.14. The summed E-state index contributed by atoms with van der Waals surface area (Å²) in [6.07, 6.45) is 1.49. The Bertz CT molecular complexity index is 646. The number of nitrogens with one attached hydrogen (secondary N) is 1. The Balaban J connectivity index is 2.38. The first-order chi connectivity index (χ1) is 10.1. The van der Waals surface area contributed by atoms with Gasteiger partial charge in [-0.3, -0.25) is 4.79 Å². The third-order valence-corrected chi connectivity index (χ3v) is 3.43. The van der Waals surface area contributed by atoms with Crippen molar-refractivity contribution in [1.29, 1.82) is 0 Å². The molecule has 0 aliphatic heterocycles. The van der Waals surface area contributed by atoms with E-state index < -0.39 is 17.5 Å². The molecule has 2 aromatic rings. The molecule has 1 N–H and O–H groups in total. The number of carbonyl (C=O) groups excluding carboxylic acids is 1. The molecular weight excluding hydrogens is 272 g/mol. The number of aryl methyl sites for hydroxylation is 2. The van der Waals surface area contributed by atoms with E-state index in [4.69, 9.17) is 0 Å². The van der Waals surface area contributed by atoms with Crippen LogP contribution < -0.4 is 5.32 Å². The smallest absolute Gasteiger partial charge is 0.258 e. The maximum Gasteiger partial charge on any atom is 0.258 e. The second-order valence-electron chi connectivity index (χ2n) is 4.71. The maximum atomic E-state index is 13.7. The first-order valence-electron chi connectivity index (χ1n) is 6.94. The Hall–Kier alpha value is -2.23. The molecule has 2 aromatic carbocycles. The molecule has 21 heavy (non-hydrogen) atoms. The summed E-state index contributed by atoms with van der Waals surface area (Å²) < 4.78 is 26.9. The van der Waals surface area contributed by atoms with Gasteiger partial charge >= 0.3 is 0 Å². The van der Waals surface area contributed by atoms with Gasteiger partial charge in [-0.2, -0.15) is 0 Å². The summed E-state index contributed by atoms with van der Waals surface area (Å²) in [4.78, 5) is 12.2. The van der Waals surface area contributed by atoms with Crippen molar-refractivity contribution >= 4 is 11.6 Å². The number of hydrogen-bond acceptors (Lipinski definition) is 1. The summed E-state index contributed by atoms with van der Waals surface area (Å²) in [7, 11) is 0. The predicted octanol–water partition coefficient (Wildman–Crippen LogP) is 4.34. The van der Waals surface area contributed by atoms with E-state index in [1.807, 2.05) is 32.0 Å². The number of para-hydroxylation sites is 1. The van der Waals surface area contributed by atoms with Crippen molar-refractivity contribution in [2.75, 3.05) is 5.32 Å². The van der Waals surface area contributed by atoms with Crippen LogP contribution in [0.25, 0.3) is 0 Å². The van der Waals surface area contributed by atoms with E-state index in [0.717, 1.165) is 30.0 Å². The molecule has 0 fully saturated rings. The topological polar surface area (TPSA) is 29.1 Å². The van der Waals surface area contributed by atoms with Crippen LogP contribution in [0.5, 0.6) is 0 Å². The highest BCUT2D eigenvalue weighted by Gasteiger charge is 2.17. The van der Waals surface area contributed by atoms with Crippen LogP contribution in [-0.2, 0) is 12.8 Å². The number of carbonyl (C=O) groups is 1.